The molecule has 1 saturated carbocycles. The van der Waals surface area contributed by atoms with E-state index in [0.29, 0.717) is 17.9 Å². The number of nitro groups is 1. The first-order valence-corrected chi connectivity index (χ1v) is 6.79. The standard InChI is InChI=1S/C14H17FN2O4/c1-7-3-4-11(8(7)2)16-12-5-9(14(18)19)10(15)6-13(12)17(20)21/h5-8,11,16H,3-4H2,1-2H3,(H,18,19). The van der Waals surface area contributed by atoms with Crippen molar-refractivity contribution in [2.75, 3.05) is 5.32 Å². The summed E-state index contributed by atoms with van der Waals surface area (Å²) >= 11 is 0. The zero-order valence-corrected chi connectivity index (χ0v) is 11.8. The second-order valence-electron chi connectivity index (χ2n) is 5.58. The molecule has 0 radical (unpaired) electrons. The van der Waals surface area contributed by atoms with Crippen LogP contribution in [0.25, 0.3) is 0 Å². The van der Waals surface area contributed by atoms with Crippen LogP contribution >= 0.6 is 0 Å². The molecule has 0 amide bonds. The van der Waals surface area contributed by atoms with Gasteiger partial charge >= 0.3 is 5.97 Å². The summed E-state index contributed by atoms with van der Waals surface area (Å²) in [6, 6.07) is 1.69. The Morgan fingerprint density at radius 3 is 2.57 bits per heavy atom. The fraction of sp³-hybridized carbons (Fsp3) is 0.500. The van der Waals surface area contributed by atoms with Crippen molar-refractivity contribution >= 4 is 17.3 Å². The third kappa shape index (κ3) is 2.96. The second kappa shape index (κ2) is 5.67. The van der Waals surface area contributed by atoms with Crippen LogP contribution in [0.15, 0.2) is 12.1 Å². The van der Waals surface area contributed by atoms with Gasteiger partial charge in [0.05, 0.1) is 16.6 Å². The van der Waals surface area contributed by atoms with Gasteiger partial charge in [0.25, 0.3) is 5.69 Å². The zero-order valence-electron chi connectivity index (χ0n) is 11.8. The monoisotopic (exact) mass is 296 g/mol. The van der Waals surface area contributed by atoms with Crippen LogP contribution in [0.2, 0.25) is 0 Å². The molecule has 6 nitrogen and oxygen atoms in total. The van der Waals surface area contributed by atoms with Crippen LogP contribution in [0.5, 0.6) is 0 Å². The van der Waals surface area contributed by atoms with Crippen molar-refractivity contribution in [2.24, 2.45) is 11.8 Å². The quantitative estimate of drug-likeness (QED) is 0.657. The average Bonchev–Trinajstić information content (AvgIpc) is 2.71. The highest BCUT2D eigenvalue weighted by molar-refractivity contribution is 5.90. The zero-order chi connectivity index (χ0) is 15.7. The third-order valence-corrected chi connectivity index (χ3v) is 4.32. The summed E-state index contributed by atoms with van der Waals surface area (Å²) in [6.07, 6.45) is 1.85. The SMILES string of the molecule is CC1CCC(Nc2cc(C(=O)O)c(F)cc2[N+](=O)[O-])C1C. The van der Waals surface area contributed by atoms with Crippen molar-refractivity contribution in [1.29, 1.82) is 0 Å². The number of benzene rings is 1. The molecule has 21 heavy (non-hydrogen) atoms. The Labute approximate surface area is 121 Å². The maximum atomic E-state index is 13.6. The van der Waals surface area contributed by atoms with Gasteiger partial charge in [-0.25, -0.2) is 9.18 Å². The molecule has 114 valence electrons. The molecule has 0 aliphatic heterocycles. The van der Waals surface area contributed by atoms with Gasteiger partial charge in [0, 0.05) is 6.04 Å². The normalized spacial score (nSPS) is 24.8. The van der Waals surface area contributed by atoms with Gasteiger partial charge in [-0.2, -0.15) is 0 Å². The first kappa shape index (κ1) is 15.2. The van der Waals surface area contributed by atoms with Crippen LogP contribution in [0.1, 0.15) is 37.0 Å². The Hall–Kier alpha value is -2.18. The second-order valence-corrected chi connectivity index (χ2v) is 5.58. The Kier molecular flexibility index (Phi) is 4.11. The number of carboxylic acids is 1. The molecule has 2 N–H and O–H groups in total. The lowest BCUT2D eigenvalue weighted by Crippen LogP contribution is -2.24. The number of carbonyl (C=O) groups is 1. The van der Waals surface area contributed by atoms with Crippen molar-refractivity contribution in [3.05, 3.63) is 33.6 Å². The Morgan fingerprint density at radius 1 is 1.43 bits per heavy atom. The maximum Gasteiger partial charge on any atom is 0.338 e. The van der Waals surface area contributed by atoms with E-state index < -0.39 is 28.0 Å². The number of nitro benzene ring substituents is 1. The molecular formula is C14H17FN2O4. The average molecular weight is 296 g/mol. The molecule has 1 aromatic carbocycles. The molecule has 1 aromatic rings. The molecule has 0 saturated heterocycles. The third-order valence-electron chi connectivity index (χ3n) is 4.32. The van der Waals surface area contributed by atoms with E-state index in [0.717, 1.165) is 18.9 Å². The predicted octanol–water partition coefficient (Wildman–Crippen LogP) is 3.28. The summed E-state index contributed by atoms with van der Waals surface area (Å²) in [5.74, 6) is -1.75. The van der Waals surface area contributed by atoms with Crippen molar-refractivity contribution in [1.82, 2.24) is 0 Å². The predicted molar refractivity (Wildman–Crippen MR) is 75.0 cm³/mol. The lowest BCUT2D eigenvalue weighted by atomic mass is 9.97. The van der Waals surface area contributed by atoms with Gasteiger partial charge in [0.15, 0.2) is 0 Å². The first-order chi connectivity index (χ1) is 9.81. The lowest BCUT2D eigenvalue weighted by Gasteiger charge is -2.21. The number of hydrogen-bond donors (Lipinski definition) is 2. The van der Waals surface area contributed by atoms with Crippen molar-refractivity contribution in [3.8, 4) is 0 Å². The van der Waals surface area contributed by atoms with E-state index in [1.807, 2.05) is 6.92 Å². The Balaban J connectivity index is 2.38. The molecular weight excluding hydrogens is 279 g/mol. The van der Waals surface area contributed by atoms with E-state index >= 15 is 0 Å². The minimum absolute atomic E-state index is 0.0193. The van der Waals surface area contributed by atoms with Gasteiger partial charge in [-0.15, -0.1) is 0 Å². The van der Waals surface area contributed by atoms with E-state index in [4.69, 9.17) is 5.11 Å². The van der Waals surface area contributed by atoms with Gasteiger partial charge < -0.3 is 10.4 Å². The number of nitrogens with one attached hydrogen (secondary N) is 1. The largest absolute Gasteiger partial charge is 0.478 e. The number of aromatic carboxylic acids is 1. The van der Waals surface area contributed by atoms with Gasteiger partial charge in [-0.3, -0.25) is 10.1 Å². The fourth-order valence-corrected chi connectivity index (χ4v) is 2.76. The van der Waals surface area contributed by atoms with Crippen LogP contribution in [0.3, 0.4) is 0 Å². The molecule has 7 heteroatoms. The van der Waals surface area contributed by atoms with Crippen LogP contribution in [0, 0.1) is 27.8 Å². The molecule has 1 aliphatic rings. The lowest BCUT2D eigenvalue weighted by molar-refractivity contribution is -0.384. The first-order valence-electron chi connectivity index (χ1n) is 6.79. The summed E-state index contributed by atoms with van der Waals surface area (Å²) in [5.41, 5.74) is -0.948. The van der Waals surface area contributed by atoms with Gasteiger partial charge in [0.1, 0.15) is 11.5 Å². The Bertz CT molecular complexity index is 591. The number of hydrogen-bond acceptors (Lipinski definition) is 4. The summed E-state index contributed by atoms with van der Waals surface area (Å²) in [5, 5.41) is 23.0. The molecule has 3 unspecified atom stereocenters. The van der Waals surface area contributed by atoms with Crippen LogP contribution in [-0.4, -0.2) is 22.0 Å². The van der Waals surface area contributed by atoms with Crippen molar-refractivity contribution in [3.63, 3.8) is 0 Å². The van der Waals surface area contributed by atoms with Crippen LogP contribution in [0.4, 0.5) is 15.8 Å². The van der Waals surface area contributed by atoms with Crippen molar-refractivity contribution < 1.29 is 19.2 Å². The molecule has 0 bridgehead atoms. The molecule has 1 aliphatic carbocycles. The topological polar surface area (TPSA) is 92.5 Å². The van der Waals surface area contributed by atoms with Gasteiger partial charge in [-0.05, 0) is 30.7 Å². The molecule has 1 fully saturated rings. The summed E-state index contributed by atoms with van der Waals surface area (Å²) < 4.78 is 13.6. The summed E-state index contributed by atoms with van der Waals surface area (Å²) in [7, 11) is 0. The van der Waals surface area contributed by atoms with Gasteiger partial charge in [0.2, 0.25) is 0 Å². The summed E-state index contributed by atoms with van der Waals surface area (Å²) in [6.45, 7) is 4.15. The fourth-order valence-electron chi connectivity index (χ4n) is 2.76. The number of rotatable bonds is 4. The van der Waals surface area contributed by atoms with E-state index in [-0.39, 0.29) is 11.7 Å². The van der Waals surface area contributed by atoms with E-state index in [1.165, 1.54) is 0 Å². The van der Waals surface area contributed by atoms with Gasteiger partial charge in [-0.1, -0.05) is 13.8 Å². The smallest absolute Gasteiger partial charge is 0.338 e. The number of carboxylic acid groups (broad SMARTS) is 1. The summed E-state index contributed by atoms with van der Waals surface area (Å²) in [4.78, 5) is 21.3. The molecule has 0 spiro atoms. The maximum absolute atomic E-state index is 13.6. The molecule has 0 aromatic heterocycles. The molecule has 3 atom stereocenters. The van der Waals surface area contributed by atoms with Crippen LogP contribution in [-0.2, 0) is 0 Å². The number of anilines is 1. The minimum Gasteiger partial charge on any atom is -0.478 e. The highest BCUT2D eigenvalue weighted by Gasteiger charge is 2.32. The Morgan fingerprint density at radius 2 is 2.10 bits per heavy atom. The molecule has 0 heterocycles. The number of nitrogens with zero attached hydrogens (tertiary/aromatic N) is 1. The van der Waals surface area contributed by atoms with E-state index in [9.17, 15) is 19.3 Å². The van der Waals surface area contributed by atoms with Crippen LogP contribution < -0.4 is 5.32 Å². The van der Waals surface area contributed by atoms with Crippen molar-refractivity contribution in [2.45, 2.75) is 32.7 Å². The van der Waals surface area contributed by atoms with E-state index in [1.54, 1.807) is 0 Å². The highest BCUT2D eigenvalue weighted by atomic mass is 19.1. The highest BCUT2D eigenvalue weighted by Crippen LogP contribution is 2.36. The molecule has 2 rings (SSSR count). The number of halogens is 1. The van der Waals surface area contributed by atoms with E-state index in [2.05, 4.69) is 12.2 Å². The minimum atomic E-state index is -1.45.